The minimum absolute atomic E-state index is 0.0707. The van der Waals surface area contributed by atoms with Crippen LogP contribution in [0.4, 0.5) is 0 Å². The maximum Gasteiger partial charge on any atom is 0.312 e. The number of ether oxygens (including phenoxy) is 2. The highest BCUT2D eigenvalue weighted by molar-refractivity contribution is 5.98. The van der Waals surface area contributed by atoms with E-state index in [1.165, 1.54) is 0 Å². The highest BCUT2D eigenvalue weighted by Gasteiger charge is 2.76. The Bertz CT molecular complexity index is 1170. The third-order valence-corrected chi connectivity index (χ3v) is 9.00. The number of hydrogen-bond acceptors (Lipinski definition) is 6. The SMILES string of the molecule is C=CCCOC(=O)[C@@H]1[C@@H]2CCC3(O2)C(C(=O)N(CC=C)C(C)(C)CC(C)(C)C)N([C@@H](CO)Cc2ccccc2)C(=O)[C@H]13. The highest BCUT2D eigenvalue weighted by atomic mass is 16.6. The maximum atomic E-state index is 14.9. The third-order valence-electron chi connectivity index (χ3n) is 9.00. The van der Waals surface area contributed by atoms with Gasteiger partial charge in [0.25, 0.3) is 0 Å². The van der Waals surface area contributed by atoms with E-state index in [1.54, 1.807) is 22.0 Å². The third kappa shape index (κ3) is 5.93. The normalized spacial score (nSPS) is 27.5. The van der Waals surface area contributed by atoms with Crippen LogP contribution in [0.5, 0.6) is 0 Å². The van der Waals surface area contributed by atoms with Crippen LogP contribution in [0.3, 0.4) is 0 Å². The fourth-order valence-corrected chi connectivity index (χ4v) is 7.81. The van der Waals surface area contributed by atoms with E-state index in [2.05, 4.69) is 33.9 Å². The first-order chi connectivity index (χ1) is 19.8. The Balaban J connectivity index is 1.79. The molecule has 1 aromatic rings. The van der Waals surface area contributed by atoms with Gasteiger partial charge in [-0.05, 0) is 56.9 Å². The van der Waals surface area contributed by atoms with Crippen LogP contribution in [0.15, 0.2) is 55.6 Å². The van der Waals surface area contributed by atoms with Crippen LogP contribution in [0.1, 0.15) is 65.9 Å². The second kappa shape index (κ2) is 12.3. The quantitative estimate of drug-likeness (QED) is 0.212. The molecular formula is C34H48N2O6. The van der Waals surface area contributed by atoms with Crippen molar-refractivity contribution in [3.05, 3.63) is 61.2 Å². The Morgan fingerprint density at radius 2 is 1.88 bits per heavy atom. The fourth-order valence-electron chi connectivity index (χ4n) is 7.81. The van der Waals surface area contributed by atoms with Crippen LogP contribution in [-0.2, 0) is 30.3 Å². The van der Waals surface area contributed by atoms with Gasteiger partial charge in [0.1, 0.15) is 11.6 Å². The Hall–Kier alpha value is -2.97. The highest BCUT2D eigenvalue weighted by Crippen LogP contribution is 2.59. The number of carbonyl (C=O) groups is 3. The Labute approximate surface area is 250 Å². The molecule has 8 nitrogen and oxygen atoms in total. The van der Waals surface area contributed by atoms with E-state index in [9.17, 15) is 19.5 Å². The lowest BCUT2D eigenvalue weighted by Gasteiger charge is -2.46. The molecular weight excluding hydrogens is 532 g/mol. The summed E-state index contributed by atoms with van der Waals surface area (Å²) in [5.74, 6) is -2.71. The van der Waals surface area contributed by atoms with Gasteiger partial charge in [-0.2, -0.15) is 0 Å². The molecule has 2 bridgehead atoms. The molecule has 42 heavy (non-hydrogen) atoms. The van der Waals surface area contributed by atoms with E-state index < -0.39 is 47.1 Å². The van der Waals surface area contributed by atoms with Gasteiger partial charge in [-0.25, -0.2) is 0 Å². The molecule has 230 valence electrons. The molecule has 2 unspecified atom stereocenters. The number of rotatable bonds is 13. The van der Waals surface area contributed by atoms with Gasteiger partial charge in [-0.3, -0.25) is 14.4 Å². The van der Waals surface area contributed by atoms with E-state index in [-0.39, 0.29) is 30.4 Å². The van der Waals surface area contributed by atoms with Gasteiger partial charge in [0.2, 0.25) is 11.8 Å². The van der Waals surface area contributed by atoms with Gasteiger partial charge >= 0.3 is 5.97 Å². The molecule has 6 atom stereocenters. The van der Waals surface area contributed by atoms with E-state index in [4.69, 9.17) is 9.47 Å². The van der Waals surface area contributed by atoms with E-state index in [0.717, 1.165) is 5.56 Å². The van der Waals surface area contributed by atoms with Crippen molar-refractivity contribution < 1.29 is 29.0 Å². The van der Waals surface area contributed by atoms with Gasteiger partial charge in [0.05, 0.1) is 37.2 Å². The number of nitrogens with zero attached hydrogens (tertiary/aromatic N) is 2. The number of esters is 1. The molecule has 0 aliphatic carbocycles. The summed E-state index contributed by atoms with van der Waals surface area (Å²) in [5.41, 5.74) is -0.881. The van der Waals surface area contributed by atoms with Crippen molar-refractivity contribution in [1.82, 2.24) is 9.80 Å². The minimum Gasteiger partial charge on any atom is -0.465 e. The topological polar surface area (TPSA) is 96.4 Å². The number of carbonyl (C=O) groups excluding carboxylic acids is 3. The van der Waals surface area contributed by atoms with Gasteiger partial charge < -0.3 is 24.4 Å². The summed E-state index contributed by atoms with van der Waals surface area (Å²) in [4.78, 5) is 46.2. The molecule has 1 aromatic carbocycles. The molecule has 0 aromatic heterocycles. The van der Waals surface area contributed by atoms with E-state index in [1.807, 2.05) is 44.2 Å². The first kappa shape index (κ1) is 32.0. The van der Waals surface area contributed by atoms with Crippen LogP contribution in [0.2, 0.25) is 0 Å². The Morgan fingerprint density at radius 1 is 1.19 bits per heavy atom. The van der Waals surface area contributed by atoms with Crippen LogP contribution in [0.25, 0.3) is 0 Å². The lowest BCUT2D eigenvalue weighted by Crippen LogP contribution is -2.62. The van der Waals surface area contributed by atoms with Gasteiger partial charge in [-0.1, -0.05) is 63.3 Å². The molecule has 3 fully saturated rings. The number of amides is 2. The predicted octanol–water partition coefficient (Wildman–Crippen LogP) is 4.31. The van der Waals surface area contributed by atoms with Crippen molar-refractivity contribution in [2.75, 3.05) is 19.8 Å². The number of aliphatic hydroxyl groups excluding tert-OH is 1. The number of likely N-dealkylation sites (tertiary alicyclic amines) is 1. The van der Waals surface area contributed by atoms with Crippen LogP contribution < -0.4 is 0 Å². The second-order valence-electron chi connectivity index (χ2n) is 13.9. The standard InChI is InChI=1S/C34H48N2O6/c1-8-10-19-41-31(40)26-25-16-17-34(42-25)27(26)29(38)36(24(21-37)20-23-14-12-11-13-15-23)28(34)30(39)35(18-9-2)33(6,7)22-32(3,4)5/h8-9,11-15,24-28,37H,1-2,10,16-22H2,3-7H3/t24-,25+,26-,27+,28?,34?/m1/s1. The van der Waals surface area contributed by atoms with Crippen molar-refractivity contribution in [3.8, 4) is 0 Å². The average molecular weight is 581 g/mol. The summed E-state index contributed by atoms with van der Waals surface area (Å²) in [6, 6.07) is 7.94. The van der Waals surface area contributed by atoms with Gasteiger partial charge in [0.15, 0.2) is 0 Å². The van der Waals surface area contributed by atoms with Crippen molar-refractivity contribution in [3.63, 3.8) is 0 Å². The second-order valence-corrected chi connectivity index (χ2v) is 13.9. The molecule has 3 heterocycles. The van der Waals surface area contributed by atoms with E-state index in [0.29, 0.717) is 38.6 Å². The first-order valence-electron chi connectivity index (χ1n) is 15.2. The summed E-state index contributed by atoms with van der Waals surface area (Å²) in [7, 11) is 0. The lowest BCUT2D eigenvalue weighted by atomic mass is 9.70. The molecule has 3 aliphatic rings. The maximum absolute atomic E-state index is 14.9. The average Bonchev–Trinajstić information content (AvgIpc) is 3.56. The molecule has 4 rings (SSSR count). The molecule has 1 N–H and O–H groups in total. The Morgan fingerprint density at radius 3 is 2.48 bits per heavy atom. The molecule has 0 radical (unpaired) electrons. The largest absolute Gasteiger partial charge is 0.465 e. The zero-order valence-electron chi connectivity index (χ0n) is 25.9. The summed E-state index contributed by atoms with van der Waals surface area (Å²) >= 11 is 0. The number of hydrogen-bond donors (Lipinski definition) is 1. The van der Waals surface area contributed by atoms with Crippen molar-refractivity contribution in [2.45, 2.75) is 96.1 Å². The summed E-state index contributed by atoms with van der Waals surface area (Å²) in [5, 5.41) is 10.7. The summed E-state index contributed by atoms with van der Waals surface area (Å²) in [6.45, 7) is 18.2. The van der Waals surface area contributed by atoms with Crippen LogP contribution >= 0.6 is 0 Å². The van der Waals surface area contributed by atoms with Crippen molar-refractivity contribution in [2.24, 2.45) is 17.3 Å². The smallest absolute Gasteiger partial charge is 0.312 e. The Kier molecular flexibility index (Phi) is 9.38. The lowest BCUT2D eigenvalue weighted by molar-refractivity contribution is -0.158. The number of benzene rings is 1. The first-order valence-corrected chi connectivity index (χ1v) is 15.2. The number of fused-ring (bicyclic) bond motifs is 1. The zero-order valence-corrected chi connectivity index (χ0v) is 25.9. The summed E-state index contributed by atoms with van der Waals surface area (Å²) in [6.07, 6.45) is 5.49. The van der Waals surface area contributed by atoms with Crippen molar-refractivity contribution in [1.29, 1.82) is 0 Å². The minimum atomic E-state index is -1.18. The molecule has 8 heteroatoms. The molecule has 3 aliphatic heterocycles. The molecule has 3 saturated heterocycles. The zero-order chi connectivity index (χ0) is 30.9. The molecule has 1 spiro atoms. The van der Waals surface area contributed by atoms with E-state index >= 15 is 0 Å². The number of aliphatic hydroxyl groups is 1. The predicted molar refractivity (Wildman–Crippen MR) is 161 cm³/mol. The summed E-state index contributed by atoms with van der Waals surface area (Å²) < 4.78 is 12.2. The fraction of sp³-hybridized carbons (Fsp3) is 0.618. The van der Waals surface area contributed by atoms with Crippen molar-refractivity contribution >= 4 is 17.8 Å². The van der Waals surface area contributed by atoms with Crippen LogP contribution in [0, 0.1) is 17.3 Å². The van der Waals surface area contributed by atoms with Gasteiger partial charge in [0, 0.05) is 12.1 Å². The monoisotopic (exact) mass is 580 g/mol. The van der Waals surface area contributed by atoms with Gasteiger partial charge in [-0.15, -0.1) is 13.2 Å². The molecule has 2 amide bonds. The molecule has 0 saturated carbocycles. The van der Waals surface area contributed by atoms with Crippen LogP contribution in [-0.4, -0.2) is 81.8 Å².